The van der Waals surface area contributed by atoms with Gasteiger partial charge in [-0.25, -0.2) is 9.97 Å². The molecule has 2 heterocycles. The molecule has 25 heavy (non-hydrogen) atoms. The summed E-state index contributed by atoms with van der Waals surface area (Å²) in [5.41, 5.74) is 0.538. The van der Waals surface area contributed by atoms with E-state index < -0.39 is 4.92 Å². The van der Waals surface area contributed by atoms with Crippen LogP contribution in [0.15, 0.2) is 30.6 Å². The van der Waals surface area contributed by atoms with Gasteiger partial charge in [-0.3, -0.25) is 10.1 Å². The van der Waals surface area contributed by atoms with E-state index in [9.17, 15) is 10.1 Å². The number of benzene rings is 1. The van der Waals surface area contributed by atoms with Gasteiger partial charge in [0.25, 0.3) is 0 Å². The zero-order valence-electron chi connectivity index (χ0n) is 13.8. The van der Waals surface area contributed by atoms with E-state index in [2.05, 4.69) is 15.3 Å². The highest BCUT2D eigenvalue weighted by atomic mass is 16.6. The summed E-state index contributed by atoms with van der Waals surface area (Å²) in [4.78, 5) is 21.2. The average Bonchev–Trinajstić information content (AvgIpc) is 2.64. The summed E-state index contributed by atoms with van der Waals surface area (Å²) in [7, 11) is 0. The van der Waals surface area contributed by atoms with Crippen LogP contribution in [0.5, 0.6) is 5.75 Å². The number of hydrogen-bond acceptors (Lipinski definition) is 8. The Hall–Kier alpha value is -2.94. The van der Waals surface area contributed by atoms with Gasteiger partial charge in [0.15, 0.2) is 0 Å². The highest BCUT2D eigenvalue weighted by Gasteiger charge is 2.28. The smallest absolute Gasteiger partial charge is 0.353 e. The fourth-order valence-electron chi connectivity index (χ4n) is 2.57. The highest BCUT2D eigenvalue weighted by molar-refractivity contribution is 5.74. The minimum Gasteiger partial charge on any atom is -0.494 e. The Morgan fingerprint density at radius 3 is 2.64 bits per heavy atom. The summed E-state index contributed by atoms with van der Waals surface area (Å²) in [6.45, 7) is 4.63. The average molecular weight is 345 g/mol. The van der Waals surface area contributed by atoms with Gasteiger partial charge < -0.3 is 19.7 Å². The summed E-state index contributed by atoms with van der Waals surface area (Å²) in [5.74, 6) is 1.20. The third kappa shape index (κ3) is 3.94. The van der Waals surface area contributed by atoms with E-state index in [1.165, 1.54) is 6.33 Å². The van der Waals surface area contributed by atoms with Crippen molar-refractivity contribution in [3.05, 3.63) is 40.7 Å². The third-order valence-electron chi connectivity index (χ3n) is 3.72. The largest absolute Gasteiger partial charge is 0.494 e. The molecule has 1 aliphatic rings. The van der Waals surface area contributed by atoms with Crippen LogP contribution in [-0.4, -0.2) is 47.8 Å². The fraction of sp³-hybridized carbons (Fsp3) is 0.375. The molecule has 9 heteroatoms. The van der Waals surface area contributed by atoms with Crippen molar-refractivity contribution >= 4 is 23.0 Å². The number of ether oxygens (including phenoxy) is 2. The van der Waals surface area contributed by atoms with E-state index in [4.69, 9.17) is 9.47 Å². The van der Waals surface area contributed by atoms with Crippen LogP contribution < -0.4 is 15.0 Å². The number of hydrogen-bond donors (Lipinski definition) is 1. The fourth-order valence-corrected chi connectivity index (χ4v) is 2.57. The van der Waals surface area contributed by atoms with Crippen LogP contribution in [0.4, 0.5) is 23.0 Å². The van der Waals surface area contributed by atoms with Crippen molar-refractivity contribution in [2.45, 2.75) is 6.92 Å². The van der Waals surface area contributed by atoms with Crippen LogP contribution in [-0.2, 0) is 4.74 Å². The number of morpholine rings is 1. The molecule has 3 rings (SSSR count). The lowest BCUT2D eigenvalue weighted by molar-refractivity contribution is -0.383. The molecule has 1 N–H and O–H groups in total. The maximum atomic E-state index is 11.6. The second-order valence-corrected chi connectivity index (χ2v) is 5.33. The van der Waals surface area contributed by atoms with Gasteiger partial charge in [-0.2, -0.15) is 0 Å². The van der Waals surface area contributed by atoms with Crippen LogP contribution in [0, 0.1) is 10.1 Å². The van der Waals surface area contributed by atoms with Crippen molar-refractivity contribution < 1.29 is 14.4 Å². The topological polar surface area (TPSA) is 103 Å². The van der Waals surface area contributed by atoms with E-state index in [1.54, 1.807) is 24.3 Å². The van der Waals surface area contributed by atoms with Gasteiger partial charge in [-0.15, -0.1) is 0 Å². The predicted molar refractivity (Wildman–Crippen MR) is 92.6 cm³/mol. The maximum Gasteiger partial charge on any atom is 0.353 e. The van der Waals surface area contributed by atoms with E-state index >= 15 is 0 Å². The van der Waals surface area contributed by atoms with Crippen LogP contribution in [0.3, 0.4) is 0 Å². The molecule has 1 aliphatic heterocycles. The van der Waals surface area contributed by atoms with Crippen molar-refractivity contribution in [3.8, 4) is 5.75 Å². The number of nitrogens with one attached hydrogen (secondary N) is 1. The molecule has 0 unspecified atom stereocenters. The minimum atomic E-state index is -0.457. The second kappa shape index (κ2) is 7.75. The summed E-state index contributed by atoms with van der Waals surface area (Å²) in [5, 5.41) is 14.6. The Kier molecular flexibility index (Phi) is 5.24. The molecule has 1 fully saturated rings. The molecule has 0 radical (unpaired) electrons. The normalized spacial score (nSPS) is 14.2. The quantitative estimate of drug-likeness (QED) is 0.629. The molecule has 0 bridgehead atoms. The van der Waals surface area contributed by atoms with Gasteiger partial charge in [0.2, 0.25) is 11.6 Å². The Balaban J connectivity index is 1.88. The summed E-state index contributed by atoms with van der Waals surface area (Å²) in [6.07, 6.45) is 1.33. The van der Waals surface area contributed by atoms with Crippen molar-refractivity contribution in [3.63, 3.8) is 0 Å². The number of aromatic nitrogens is 2. The van der Waals surface area contributed by atoms with Gasteiger partial charge >= 0.3 is 5.69 Å². The molecule has 0 spiro atoms. The zero-order valence-corrected chi connectivity index (χ0v) is 13.8. The molecule has 1 aromatic heterocycles. The molecule has 1 aromatic carbocycles. The van der Waals surface area contributed by atoms with Crippen LogP contribution in [0.1, 0.15) is 6.92 Å². The molecule has 1 saturated heterocycles. The molecule has 2 aromatic rings. The first kappa shape index (κ1) is 16.9. The van der Waals surface area contributed by atoms with Gasteiger partial charge in [0, 0.05) is 18.8 Å². The van der Waals surface area contributed by atoms with Crippen LogP contribution in [0.2, 0.25) is 0 Å². The monoisotopic (exact) mass is 345 g/mol. The lowest BCUT2D eigenvalue weighted by Gasteiger charge is -2.27. The Morgan fingerprint density at radius 2 is 2.00 bits per heavy atom. The molecule has 0 amide bonds. The van der Waals surface area contributed by atoms with Gasteiger partial charge in [-0.1, -0.05) is 0 Å². The van der Waals surface area contributed by atoms with Crippen LogP contribution >= 0.6 is 0 Å². The third-order valence-corrected chi connectivity index (χ3v) is 3.72. The standard InChI is InChI=1S/C16H19N5O4/c1-2-25-13-5-3-12(4-6-13)19-15-14(21(22)23)16(18-11-17-15)20-7-9-24-10-8-20/h3-6,11H,2,7-10H2,1H3,(H,17,18,19). The van der Waals surface area contributed by atoms with E-state index in [-0.39, 0.29) is 11.5 Å². The lowest BCUT2D eigenvalue weighted by Crippen LogP contribution is -2.37. The van der Waals surface area contributed by atoms with Crippen LogP contribution in [0.25, 0.3) is 0 Å². The highest BCUT2D eigenvalue weighted by Crippen LogP contribution is 2.34. The van der Waals surface area contributed by atoms with Gasteiger partial charge in [-0.05, 0) is 31.2 Å². The Labute approximate surface area is 144 Å². The maximum absolute atomic E-state index is 11.6. The molecular weight excluding hydrogens is 326 g/mol. The summed E-state index contributed by atoms with van der Waals surface area (Å²) >= 11 is 0. The Morgan fingerprint density at radius 1 is 1.28 bits per heavy atom. The number of nitrogens with zero attached hydrogens (tertiary/aromatic N) is 4. The predicted octanol–water partition coefficient (Wildman–Crippen LogP) is 2.36. The SMILES string of the molecule is CCOc1ccc(Nc2ncnc(N3CCOCC3)c2[N+](=O)[O-])cc1. The minimum absolute atomic E-state index is 0.140. The second-order valence-electron chi connectivity index (χ2n) is 5.33. The van der Waals surface area contributed by atoms with Crippen molar-refractivity contribution in [1.29, 1.82) is 0 Å². The number of nitro groups is 1. The Bertz CT molecular complexity index is 732. The zero-order chi connectivity index (χ0) is 17.6. The lowest BCUT2D eigenvalue weighted by atomic mass is 10.3. The number of rotatable bonds is 6. The summed E-state index contributed by atoms with van der Waals surface area (Å²) in [6, 6.07) is 7.15. The number of anilines is 3. The van der Waals surface area contributed by atoms with Crippen molar-refractivity contribution in [2.24, 2.45) is 0 Å². The van der Waals surface area contributed by atoms with Gasteiger partial charge in [0.1, 0.15) is 12.1 Å². The first-order valence-electron chi connectivity index (χ1n) is 8.01. The molecular formula is C16H19N5O4. The van der Waals surface area contributed by atoms with E-state index in [0.29, 0.717) is 44.4 Å². The van der Waals surface area contributed by atoms with Crippen molar-refractivity contribution in [1.82, 2.24) is 9.97 Å². The van der Waals surface area contributed by atoms with Gasteiger partial charge in [0.05, 0.1) is 24.7 Å². The molecule has 0 aliphatic carbocycles. The first-order chi connectivity index (χ1) is 12.2. The molecule has 132 valence electrons. The van der Waals surface area contributed by atoms with Crippen molar-refractivity contribution in [2.75, 3.05) is 43.1 Å². The van der Waals surface area contributed by atoms with E-state index in [0.717, 1.165) is 5.75 Å². The summed E-state index contributed by atoms with van der Waals surface area (Å²) < 4.78 is 10.7. The molecule has 0 atom stereocenters. The first-order valence-corrected chi connectivity index (χ1v) is 8.01. The molecule has 0 saturated carbocycles. The molecule has 9 nitrogen and oxygen atoms in total. The van der Waals surface area contributed by atoms with E-state index in [1.807, 2.05) is 11.8 Å².